The van der Waals surface area contributed by atoms with E-state index < -0.39 is 0 Å². The maximum absolute atomic E-state index is 12.2. The van der Waals surface area contributed by atoms with Gasteiger partial charge in [0.15, 0.2) is 5.82 Å². The second kappa shape index (κ2) is 7.58. The Kier molecular flexibility index (Phi) is 5.25. The summed E-state index contributed by atoms with van der Waals surface area (Å²) in [5.74, 6) is 7.21. The Bertz CT molecular complexity index is 877. The second-order valence-electron chi connectivity index (χ2n) is 5.19. The van der Waals surface area contributed by atoms with Crippen LogP contribution in [0.1, 0.15) is 5.56 Å². The van der Waals surface area contributed by atoms with Gasteiger partial charge in [0, 0.05) is 0 Å². The number of carbonyl (C=O) groups excluding carboxylic acids is 1. The maximum atomic E-state index is 12.2. The third kappa shape index (κ3) is 3.94. The summed E-state index contributed by atoms with van der Waals surface area (Å²) in [7, 11) is 1.57. The van der Waals surface area contributed by atoms with Gasteiger partial charge in [0.25, 0.3) is 0 Å². The zero-order valence-electron chi connectivity index (χ0n) is 13.7. The summed E-state index contributed by atoms with van der Waals surface area (Å²) in [4.78, 5) is 13.2. The van der Waals surface area contributed by atoms with Crippen LogP contribution in [0, 0.1) is 6.92 Å². The van der Waals surface area contributed by atoms with Gasteiger partial charge in [0.2, 0.25) is 11.1 Å². The highest BCUT2D eigenvalue weighted by Gasteiger charge is 2.15. The molecule has 25 heavy (non-hydrogen) atoms. The number of aryl methyl sites for hydroxylation is 1. The van der Waals surface area contributed by atoms with Crippen molar-refractivity contribution in [3.05, 3.63) is 41.3 Å². The van der Waals surface area contributed by atoms with Gasteiger partial charge in [-0.3, -0.25) is 4.79 Å². The lowest BCUT2D eigenvalue weighted by atomic mass is 10.2. The van der Waals surface area contributed by atoms with Crippen molar-refractivity contribution < 1.29 is 9.53 Å². The fraction of sp³-hybridized carbons (Fsp3) is 0.188. The van der Waals surface area contributed by atoms with Crippen molar-refractivity contribution in [2.75, 3.05) is 24.0 Å². The first-order valence-corrected chi connectivity index (χ1v) is 9.26. The van der Waals surface area contributed by atoms with E-state index in [0.717, 1.165) is 10.4 Å². The second-order valence-corrected chi connectivity index (χ2v) is 7.08. The van der Waals surface area contributed by atoms with Crippen LogP contribution in [0.15, 0.2) is 40.9 Å². The van der Waals surface area contributed by atoms with Gasteiger partial charge in [-0.2, -0.15) is 0 Å². The third-order valence-electron chi connectivity index (χ3n) is 3.37. The van der Waals surface area contributed by atoms with Crippen LogP contribution in [0.4, 0.5) is 5.69 Å². The van der Waals surface area contributed by atoms with Gasteiger partial charge in [-0.25, -0.2) is 4.68 Å². The van der Waals surface area contributed by atoms with Crippen molar-refractivity contribution in [1.29, 1.82) is 0 Å². The number of amides is 1. The van der Waals surface area contributed by atoms with Gasteiger partial charge in [-0.1, -0.05) is 23.9 Å². The SMILES string of the molecule is COc1ccc(C)cc1NC(=O)CSc1nnc(-c2cccs2)n1N. The summed E-state index contributed by atoms with van der Waals surface area (Å²) in [6.07, 6.45) is 0. The number of thioether (sulfide) groups is 1. The highest BCUT2D eigenvalue weighted by Crippen LogP contribution is 2.27. The first kappa shape index (κ1) is 17.3. The van der Waals surface area contributed by atoms with Crippen molar-refractivity contribution in [2.45, 2.75) is 12.1 Å². The monoisotopic (exact) mass is 375 g/mol. The molecule has 1 amide bonds. The summed E-state index contributed by atoms with van der Waals surface area (Å²) in [6, 6.07) is 9.45. The molecule has 9 heteroatoms. The standard InChI is InChI=1S/C16H17N5O2S2/c1-10-5-6-12(23-2)11(8-10)18-14(22)9-25-16-20-19-15(21(16)17)13-4-3-7-24-13/h3-8H,9,17H2,1-2H3,(H,18,22). The molecule has 3 aromatic rings. The first-order chi connectivity index (χ1) is 12.1. The molecular formula is C16H17N5O2S2. The molecule has 0 aliphatic heterocycles. The van der Waals surface area contributed by atoms with Gasteiger partial charge in [-0.15, -0.1) is 21.5 Å². The van der Waals surface area contributed by atoms with Gasteiger partial charge in [-0.05, 0) is 36.1 Å². The minimum atomic E-state index is -0.172. The number of hydrogen-bond acceptors (Lipinski definition) is 7. The molecule has 2 heterocycles. The largest absolute Gasteiger partial charge is 0.495 e. The minimum absolute atomic E-state index is 0.164. The van der Waals surface area contributed by atoms with Gasteiger partial charge in [0.1, 0.15) is 5.75 Å². The molecule has 0 saturated heterocycles. The topological polar surface area (TPSA) is 95.1 Å². The number of aromatic nitrogens is 3. The third-order valence-corrected chi connectivity index (χ3v) is 5.18. The molecule has 0 spiro atoms. The number of rotatable bonds is 6. The smallest absolute Gasteiger partial charge is 0.234 e. The molecule has 0 aliphatic rings. The molecule has 3 N–H and O–H groups in total. The zero-order chi connectivity index (χ0) is 17.8. The number of ether oxygens (including phenoxy) is 1. The van der Waals surface area contributed by atoms with Crippen LogP contribution < -0.4 is 15.9 Å². The van der Waals surface area contributed by atoms with E-state index in [4.69, 9.17) is 10.6 Å². The number of nitrogens with zero attached hydrogens (tertiary/aromatic N) is 3. The van der Waals surface area contributed by atoms with E-state index in [2.05, 4.69) is 15.5 Å². The zero-order valence-corrected chi connectivity index (χ0v) is 15.4. The number of thiophene rings is 1. The molecule has 3 rings (SSSR count). The number of benzene rings is 1. The number of nitrogens with one attached hydrogen (secondary N) is 1. The Labute approximate surface area is 153 Å². The van der Waals surface area contributed by atoms with Crippen LogP contribution in [-0.4, -0.2) is 33.6 Å². The van der Waals surface area contributed by atoms with Gasteiger partial charge >= 0.3 is 0 Å². The van der Waals surface area contributed by atoms with Crippen molar-refractivity contribution in [3.63, 3.8) is 0 Å². The molecular weight excluding hydrogens is 358 g/mol. The number of methoxy groups -OCH3 is 1. The first-order valence-electron chi connectivity index (χ1n) is 7.40. The molecule has 0 radical (unpaired) electrons. The van der Waals surface area contributed by atoms with E-state index in [1.54, 1.807) is 7.11 Å². The average Bonchev–Trinajstić information content (AvgIpc) is 3.23. The van der Waals surface area contributed by atoms with E-state index in [1.807, 2.05) is 42.6 Å². The number of nitrogens with two attached hydrogens (primary N) is 1. The highest BCUT2D eigenvalue weighted by atomic mass is 32.2. The van der Waals surface area contributed by atoms with Crippen molar-refractivity contribution in [3.8, 4) is 16.5 Å². The summed E-state index contributed by atoms with van der Waals surface area (Å²) in [5.41, 5.74) is 1.67. The van der Waals surface area contributed by atoms with Crippen LogP contribution in [0.5, 0.6) is 5.75 Å². The summed E-state index contributed by atoms with van der Waals surface area (Å²) >= 11 is 2.76. The molecule has 1 aromatic carbocycles. The Morgan fingerprint density at radius 1 is 1.40 bits per heavy atom. The molecule has 0 bridgehead atoms. The number of carbonyl (C=O) groups is 1. The van der Waals surface area contributed by atoms with E-state index in [-0.39, 0.29) is 11.7 Å². The lowest BCUT2D eigenvalue weighted by molar-refractivity contribution is -0.113. The van der Waals surface area contributed by atoms with E-state index in [9.17, 15) is 4.79 Å². The lowest BCUT2D eigenvalue weighted by Crippen LogP contribution is -2.16. The summed E-state index contributed by atoms with van der Waals surface area (Å²) in [6.45, 7) is 1.95. The predicted molar refractivity (Wildman–Crippen MR) is 101 cm³/mol. The van der Waals surface area contributed by atoms with Crippen LogP contribution >= 0.6 is 23.1 Å². The normalized spacial score (nSPS) is 10.6. The molecule has 0 fully saturated rings. The average molecular weight is 375 g/mol. The molecule has 0 unspecified atom stereocenters. The maximum Gasteiger partial charge on any atom is 0.234 e. The fourth-order valence-corrected chi connectivity index (χ4v) is 3.55. The van der Waals surface area contributed by atoms with Crippen molar-refractivity contribution in [1.82, 2.24) is 14.9 Å². The van der Waals surface area contributed by atoms with Crippen molar-refractivity contribution >= 4 is 34.7 Å². The Morgan fingerprint density at radius 3 is 2.96 bits per heavy atom. The molecule has 0 aliphatic carbocycles. The van der Waals surface area contributed by atoms with Crippen molar-refractivity contribution in [2.24, 2.45) is 0 Å². The summed E-state index contributed by atoms with van der Waals surface area (Å²) in [5, 5.41) is 13.4. The highest BCUT2D eigenvalue weighted by molar-refractivity contribution is 7.99. The van der Waals surface area contributed by atoms with E-state index in [1.165, 1.54) is 27.8 Å². The molecule has 130 valence electrons. The van der Waals surface area contributed by atoms with Gasteiger partial charge in [0.05, 0.1) is 23.4 Å². The number of nitrogen functional groups attached to an aromatic ring is 1. The van der Waals surface area contributed by atoms with Crippen LogP contribution in [0.3, 0.4) is 0 Å². The number of anilines is 1. The van der Waals surface area contributed by atoms with Crippen LogP contribution in [0.25, 0.3) is 10.7 Å². The molecule has 7 nitrogen and oxygen atoms in total. The Morgan fingerprint density at radius 2 is 2.24 bits per heavy atom. The lowest BCUT2D eigenvalue weighted by Gasteiger charge is -2.10. The summed E-state index contributed by atoms with van der Waals surface area (Å²) < 4.78 is 6.66. The predicted octanol–water partition coefficient (Wildman–Crippen LogP) is 2.77. The number of hydrogen-bond donors (Lipinski definition) is 2. The quantitative estimate of drug-likeness (QED) is 0.508. The molecule has 0 atom stereocenters. The van der Waals surface area contributed by atoms with E-state index in [0.29, 0.717) is 22.4 Å². The Balaban J connectivity index is 1.64. The molecule has 0 saturated carbocycles. The van der Waals surface area contributed by atoms with Crippen LogP contribution in [-0.2, 0) is 4.79 Å². The fourth-order valence-electron chi connectivity index (χ4n) is 2.19. The van der Waals surface area contributed by atoms with Crippen LogP contribution in [0.2, 0.25) is 0 Å². The Hall–Kier alpha value is -2.52. The van der Waals surface area contributed by atoms with Gasteiger partial charge < -0.3 is 15.9 Å². The molecule has 2 aromatic heterocycles. The minimum Gasteiger partial charge on any atom is -0.495 e. The van der Waals surface area contributed by atoms with E-state index >= 15 is 0 Å².